The van der Waals surface area contributed by atoms with Gasteiger partial charge < -0.3 is 26.6 Å². The highest BCUT2D eigenvalue weighted by Gasteiger charge is 2.56. The normalized spacial score (nSPS) is 30.5. The van der Waals surface area contributed by atoms with E-state index in [1.165, 1.54) is 8.61 Å². The van der Waals surface area contributed by atoms with Gasteiger partial charge in [0.15, 0.2) is 0 Å². The molecule has 2 aliphatic carbocycles. The summed E-state index contributed by atoms with van der Waals surface area (Å²) in [5.41, 5.74) is 10.2. The van der Waals surface area contributed by atoms with Crippen molar-refractivity contribution in [3.63, 3.8) is 0 Å². The quantitative estimate of drug-likeness (QED) is 0.253. The molecule has 3 atom stereocenters. The van der Waals surface area contributed by atoms with Gasteiger partial charge in [-0.1, -0.05) is 6.42 Å². The van der Waals surface area contributed by atoms with E-state index in [2.05, 4.69) is 0 Å². The molecule has 2 saturated carbocycles. The molecule has 0 bridgehead atoms. The summed E-state index contributed by atoms with van der Waals surface area (Å²) in [7, 11) is -5.42. The Morgan fingerprint density at radius 2 is 1.93 bits per heavy atom. The molecular weight excluding hydrogens is 399 g/mol. The largest absolute Gasteiger partial charge is 0.480 e. The number of hydrogen-bond acceptors (Lipinski definition) is 7. The van der Waals surface area contributed by atoms with Gasteiger partial charge in [-0.2, -0.15) is 17.0 Å². The number of carboxylic acid groups (broad SMARTS) is 1. The Morgan fingerprint density at radius 3 is 2.41 bits per heavy atom. The highest BCUT2D eigenvalue weighted by atomic mass is 32.2. The first kappa shape index (κ1) is 22.9. The summed E-state index contributed by atoms with van der Waals surface area (Å²) in [6, 6.07) is -0.367. The van der Waals surface area contributed by atoms with E-state index >= 15 is 0 Å². The van der Waals surface area contributed by atoms with Gasteiger partial charge in [-0.3, -0.25) is 4.79 Å². The van der Waals surface area contributed by atoms with Crippen LogP contribution in [0.15, 0.2) is 0 Å². The van der Waals surface area contributed by atoms with Crippen LogP contribution < -0.4 is 11.5 Å². The second kappa shape index (κ2) is 8.06. The molecular formula is C17H33BN4O6S. The average molecular weight is 432 g/mol. The summed E-state index contributed by atoms with van der Waals surface area (Å²) in [5, 5.41) is 27.8. The molecule has 3 aliphatic rings. The summed E-state index contributed by atoms with van der Waals surface area (Å²) in [4.78, 5) is 11.9. The van der Waals surface area contributed by atoms with Crippen molar-refractivity contribution in [2.45, 2.75) is 68.9 Å². The van der Waals surface area contributed by atoms with Crippen LogP contribution in [-0.2, 0) is 15.0 Å². The molecule has 7 N–H and O–H groups in total. The first-order valence-electron chi connectivity index (χ1n) is 10.3. The summed E-state index contributed by atoms with van der Waals surface area (Å²) < 4.78 is 29.7. The number of rotatable bonds is 11. The Balaban J connectivity index is 1.79. The van der Waals surface area contributed by atoms with Crippen LogP contribution >= 0.6 is 0 Å². The van der Waals surface area contributed by atoms with Gasteiger partial charge in [0.25, 0.3) is 10.2 Å². The minimum absolute atomic E-state index is 0.00187. The summed E-state index contributed by atoms with van der Waals surface area (Å²) >= 11 is 0. The predicted molar refractivity (Wildman–Crippen MR) is 108 cm³/mol. The Morgan fingerprint density at radius 1 is 1.31 bits per heavy atom. The number of aliphatic carboxylic acids is 1. The Hall–Kier alpha value is -0.755. The predicted octanol–water partition coefficient (Wildman–Crippen LogP) is -1.21. The minimum atomic E-state index is -3.93. The lowest BCUT2D eigenvalue weighted by Gasteiger charge is -2.35. The lowest BCUT2D eigenvalue weighted by molar-refractivity contribution is -0.144. The van der Waals surface area contributed by atoms with E-state index in [-0.39, 0.29) is 25.5 Å². The van der Waals surface area contributed by atoms with E-state index in [0.29, 0.717) is 25.3 Å². The molecule has 29 heavy (non-hydrogen) atoms. The molecule has 3 fully saturated rings. The molecule has 1 saturated heterocycles. The van der Waals surface area contributed by atoms with Crippen LogP contribution in [0.3, 0.4) is 0 Å². The summed E-state index contributed by atoms with van der Waals surface area (Å²) in [5.74, 6) is -1.54. The molecule has 10 nitrogen and oxygen atoms in total. The summed E-state index contributed by atoms with van der Waals surface area (Å²) in [6.45, 7) is 1.92. The lowest BCUT2D eigenvalue weighted by Crippen LogP contribution is -2.57. The van der Waals surface area contributed by atoms with Crippen molar-refractivity contribution in [1.82, 2.24) is 8.61 Å². The fraction of sp³-hybridized carbons (Fsp3) is 0.941. The van der Waals surface area contributed by atoms with Crippen molar-refractivity contribution < 1.29 is 28.4 Å². The van der Waals surface area contributed by atoms with Crippen LogP contribution in [-0.4, -0.2) is 82.0 Å². The van der Waals surface area contributed by atoms with Crippen molar-refractivity contribution in [1.29, 1.82) is 0 Å². The lowest BCUT2D eigenvalue weighted by atomic mass is 9.78. The molecule has 3 rings (SSSR count). The van der Waals surface area contributed by atoms with E-state index in [4.69, 9.17) is 21.5 Å². The maximum absolute atomic E-state index is 13.5. The Labute approximate surface area is 172 Å². The number of hydrogen-bond donors (Lipinski definition) is 5. The zero-order valence-electron chi connectivity index (χ0n) is 16.9. The third-order valence-electron chi connectivity index (χ3n) is 6.85. The monoisotopic (exact) mass is 432 g/mol. The van der Waals surface area contributed by atoms with Crippen LogP contribution in [0.25, 0.3) is 0 Å². The molecule has 0 radical (unpaired) electrons. The molecule has 0 amide bonds. The van der Waals surface area contributed by atoms with Crippen LogP contribution in [0.1, 0.15) is 45.4 Å². The van der Waals surface area contributed by atoms with Gasteiger partial charge in [-0.25, -0.2) is 0 Å². The third kappa shape index (κ3) is 4.78. The second-order valence-corrected chi connectivity index (χ2v) is 11.1. The number of nitrogens with zero attached hydrogens (tertiary/aromatic N) is 2. The van der Waals surface area contributed by atoms with Gasteiger partial charge in [0.2, 0.25) is 0 Å². The first-order valence-corrected chi connectivity index (χ1v) is 11.7. The number of carboxylic acids is 1. The van der Waals surface area contributed by atoms with Gasteiger partial charge in [0.05, 0.1) is 0 Å². The van der Waals surface area contributed by atoms with Gasteiger partial charge in [-0.05, 0) is 51.3 Å². The van der Waals surface area contributed by atoms with E-state index in [1.54, 1.807) is 0 Å². The highest BCUT2D eigenvalue weighted by Crippen LogP contribution is 2.42. The Bertz CT molecular complexity index is 729. The average Bonchev–Trinajstić information content (AvgIpc) is 3.54. The van der Waals surface area contributed by atoms with Crippen molar-refractivity contribution in [2.75, 3.05) is 19.6 Å². The van der Waals surface area contributed by atoms with Gasteiger partial charge >= 0.3 is 13.1 Å². The molecule has 1 aliphatic heterocycles. The third-order valence-corrected chi connectivity index (χ3v) is 8.84. The SMILES string of the molecule is CC(N(CC1CC1)S(=O)(=O)N1C[C@H](CCCB(O)O)[C@](N)(C(=O)O)C1)C1(N)CC1. The molecule has 0 spiro atoms. The fourth-order valence-corrected chi connectivity index (χ4v) is 6.26. The van der Waals surface area contributed by atoms with E-state index in [1.807, 2.05) is 6.92 Å². The topological polar surface area (TPSA) is 170 Å². The first-order chi connectivity index (χ1) is 13.4. The molecule has 0 aromatic heterocycles. The van der Waals surface area contributed by atoms with Crippen LogP contribution in [0.4, 0.5) is 0 Å². The van der Waals surface area contributed by atoms with Crippen LogP contribution in [0.5, 0.6) is 0 Å². The number of carbonyl (C=O) groups is 1. The van der Waals surface area contributed by atoms with Gasteiger partial charge in [0.1, 0.15) is 5.54 Å². The fourth-order valence-electron chi connectivity index (χ4n) is 4.21. The molecule has 1 heterocycles. The maximum Gasteiger partial charge on any atom is 0.451 e. The minimum Gasteiger partial charge on any atom is -0.480 e. The molecule has 166 valence electrons. The Kier molecular flexibility index (Phi) is 6.37. The van der Waals surface area contributed by atoms with Crippen molar-refractivity contribution in [2.24, 2.45) is 23.3 Å². The number of nitrogens with two attached hydrogens (primary N) is 2. The van der Waals surface area contributed by atoms with Crippen molar-refractivity contribution in [3.8, 4) is 0 Å². The second-order valence-electron chi connectivity index (χ2n) is 9.18. The molecule has 1 unspecified atom stereocenters. The van der Waals surface area contributed by atoms with E-state index < -0.39 is 40.3 Å². The smallest absolute Gasteiger partial charge is 0.451 e. The van der Waals surface area contributed by atoms with Gasteiger partial charge in [-0.15, -0.1) is 0 Å². The summed E-state index contributed by atoms with van der Waals surface area (Å²) in [6.07, 6.45) is 4.23. The van der Waals surface area contributed by atoms with Crippen molar-refractivity contribution >= 4 is 23.3 Å². The standard InChI is InChI=1S/C17H33BN4O6S/c1-12(16(19)6-7-16)22(9-13-4-5-13)29(27,28)21-10-14(3-2-8-18(25)26)17(20,11-21)15(23)24/h12-14,25-26H,2-11,19-20H2,1H3,(H,23,24)/t12?,14-,17-/m0/s1. The zero-order valence-corrected chi connectivity index (χ0v) is 17.7. The van der Waals surface area contributed by atoms with E-state index in [9.17, 15) is 18.3 Å². The van der Waals surface area contributed by atoms with Gasteiger partial charge in [0, 0.05) is 37.1 Å². The highest BCUT2D eigenvalue weighted by molar-refractivity contribution is 7.86. The molecule has 12 heteroatoms. The van der Waals surface area contributed by atoms with E-state index in [0.717, 1.165) is 25.7 Å². The van der Waals surface area contributed by atoms with Crippen molar-refractivity contribution in [3.05, 3.63) is 0 Å². The molecule has 0 aromatic rings. The van der Waals surface area contributed by atoms with Crippen LogP contribution in [0.2, 0.25) is 6.32 Å². The van der Waals surface area contributed by atoms with Crippen LogP contribution in [0, 0.1) is 11.8 Å². The molecule has 0 aromatic carbocycles. The maximum atomic E-state index is 13.5. The zero-order chi connectivity index (χ0) is 21.6.